The standard InChI is InChI=1S/C20H18F3N3O4/c21-9-5-12(22)10(13(23)6-9)7-24-19(29)11-8-26-15-4-2-1-3-14(15)25-20(30)16(26)18(28)17(11)27/h3,5-6,8,15,17,27-28H,1-2,4,7H2,(H,24,29)(H,25,30)/t15-,17?/m0/s1. The number of rotatable bonds is 3. The molecular formula is C20H18F3N3O4. The van der Waals surface area contributed by atoms with Crippen molar-refractivity contribution in [3.05, 3.63) is 70.2 Å². The quantitative estimate of drug-likeness (QED) is 0.594. The van der Waals surface area contributed by atoms with E-state index in [0.29, 0.717) is 24.3 Å². The van der Waals surface area contributed by atoms with Gasteiger partial charge >= 0.3 is 0 Å². The zero-order valence-corrected chi connectivity index (χ0v) is 15.6. The highest BCUT2D eigenvalue weighted by Gasteiger charge is 2.42. The van der Waals surface area contributed by atoms with Crippen molar-refractivity contribution in [1.29, 1.82) is 0 Å². The molecule has 1 aromatic carbocycles. The first-order chi connectivity index (χ1) is 14.3. The van der Waals surface area contributed by atoms with Crippen LogP contribution in [0.5, 0.6) is 0 Å². The van der Waals surface area contributed by atoms with Crippen molar-refractivity contribution in [1.82, 2.24) is 15.5 Å². The Kier molecular flexibility index (Phi) is 5.02. The average molecular weight is 421 g/mol. The van der Waals surface area contributed by atoms with E-state index in [0.717, 1.165) is 12.8 Å². The van der Waals surface area contributed by atoms with Gasteiger partial charge in [0.25, 0.3) is 11.8 Å². The van der Waals surface area contributed by atoms with Crippen molar-refractivity contribution in [2.45, 2.75) is 38.0 Å². The van der Waals surface area contributed by atoms with Crippen molar-refractivity contribution >= 4 is 11.8 Å². The van der Waals surface area contributed by atoms with Crippen LogP contribution < -0.4 is 10.6 Å². The number of nitrogens with zero attached hydrogens (tertiary/aromatic N) is 1. The minimum absolute atomic E-state index is 0.154. The van der Waals surface area contributed by atoms with Crippen LogP contribution >= 0.6 is 0 Å². The predicted molar refractivity (Wildman–Crippen MR) is 97.6 cm³/mol. The van der Waals surface area contributed by atoms with Gasteiger partial charge in [0.05, 0.1) is 11.6 Å². The molecule has 2 heterocycles. The monoisotopic (exact) mass is 421 g/mol. The number of piperazine rings is 1. The number of hydrogen-bond acceptors (Lipinski definition) is 5. The molecule has 10 heteroatoms. The van der Waals surface area contributed by atoms with E-state index in [1.807, 2.05) is 6.08 Å². The molecule has 158 valence electrons. The minimum atomic E-state index is -1.79. The maximum Gasteiger partial charge on any atom is 0.275 e. The van der Waals surface area contributed by atoms with Gasteiger partial charge in [0.15, 0.2) is 5.76 Å². The highest BCUT2D eigenvalue weighted by Crippen LogP contribution is 2.35. The van der Waals surface area contributed by atoms with Gasteiger partial charge in [-0.05, 0) is 19.3 Å². The van der Waals surface area contributed by atoms with Crippen LogP contribution in [0.4, 0.5) is 13.2 Å². The number of carbonyl (C=O) groups excluding carboxylic acids is 2. The maximum atomic E-state index is 13.8. The molecule has 0 bridgehead atoms. The Labute approximate surface area is 169 Å². The smallest absolute Gasteiger partial charge is 0.275 e. The predicted octanol–water partition coefficient (Wildman–Crippen LogP) is 1.62. The first-order valence-electron chi connectivity index (χ1n) is 9.32. The third-order valence-corrected chi connectivity index (χ3v) is 5.34. The van der Waals surface area contributed by atoms with Crippen LogP contribution in [-0.2, 0) is 16.1 Å². The van der Waals surface area contributed by atoms with Crippen LogP contribution in [0.1, 0.15) is 24.8 Å². The van der Waals surface area contributed by atoms with Crippen LogP contribution in [0.3, 0.4) is 0 Å². The van der Waals surface area contributed by atoms with Crippen LogP contribution in [0.25, 0.3) is 0 Å². The number of halogens is 3. The summed E-state index contributed by atoms with van der Waals surface area (Å²) in [6.07, 6.45) is 3.58. The van der Waals surface area contributed by atoms with Crippen molar-refractivity contribution in [2.24, 2.45) is 0 Å². The van der Waals surface area contributed by atoms with Gasteiger partial charge in [-0.3, -0.25) is 9.59 Å². The molecular weight excluding hydrogens is 403 g/mol. The average Bonchev–Trinajstić information content (AvgIpc) is 2.69. The molecule has 0 spiro atoms. The van der Waals surface area contributed by atoms with Gasteiger partial charge in [0.1, 0.15) is 29.3 Å². The molecule has 2 amide bonds. The number of fused-ring (bicyclic) bond motifs is 3. The summed E-state index contributed by atoms with van der Waals surface area (Å²) in [6, 6.07) is 0.656. The molecule has 0 aromatic heterocycles. The summed E-state index contributed by atoms with van der Waals surface area (Å²) in [5.41, 5.74) is -0.353. The lowest BCUT2D eigenvalue weighted by atomic mass is 9.91. The maximum absolute atomic E-state index is 13.8. The zero-order valence-electron chi connectivity index (χ0n) is 15.6. The van der Waals surface area contributed by atoms with Gasteiger partial charge in [-0.2, -0.15) is 0 Å². The molecule has 2 atom stereocenters. The molecule has 1 aromatic rings. The van der Waals surface area contributed by atoms with Crippen molar-refractivity contribution in [3.8, 4) is 0 Å². The molecule has 1 unspecified atom stereocenters. The lowest BCUT2D eigenvalue weighted by Crippen LogP contribution is -2.53. The van der Waals surface area contributed by atoms with E-state index in [4.69, 9.17) is 0 Å². The number of nitrogens with one attached hydrogen (secondary N) is 2. The topological polar surface area (TPSA) is 102 Å². The van der Waals surface area contributed by atoms with E-state index < -0.39 is 53.2 Å². The van der Waals surface area contributed by atoms with Gasteiger partial charge < -0.3 is 25.7 Å². The van der Waals surface area contributed by atoms with Crippen LogP contribution in [0, 0.1) is 17.5 Å². The summed E-state index contributed by atoms with van der Waals surface area (Å²) in [4.78, 5) is 26.4. The molecule has 30 heavy (non-hydrogen) atoms. The van der Waals surface area contributed by atoms with Crippen molar-refractivity contribution in [2.75, 3.05) is 0 Å². The minimum Gasteiger partial charge on any atom is -0.507 e. The lowest BCUT2D eigenvalue weighted by Gasteiger charge is -2.43. The SMILES string of the molecule is O=C(NCc1c(F)cc(F)cc1F)C1=CN2C(=C(O)C1O)C(=O)NC1=CCCC[C@@H]12. The highest BCUT2D eigenvalue weighted by molar-refractivity contribution is 6.00. The van der Waals surface area contributed by atoms with Crippen LogP contribution in [0.15, 0.2) is 47.1 Å². The fraction of sp³-hybridized carbons (Fsp3) is 0.300. The molecule has 7 nitrogen and oxygen atoms in total. The Balaban J connectivity index is 1.60. The number of carbonyl (C=O) groups is 2. The van der Waals surface area contributed by atoms with E-state index >= 15 is 0 Å². The molecule has 4 N–H and O–H groups in total. The molecule has 0 saturated carbocycles. The van der Waals surface area contributed by atoms with E-state index in [-0.39, 0.29) is 17.3 Å². The van der Waals surface area contributed by atoms with Gasteiger partial charge in [0, 0.05) is 36.1 Å². The molecule has 1 fully saturated rings. The second-order valence-electron chi connectivity index (χ2n) is 7.22. The molecule has 0 radical (unpaired) electrons. The van der Waals surface area contributed by atoms with Crippen LogP contribution in [-0.4, -0.2) is 39.1 Å². The molecule has 2 aliphatic heterocycles. The number of allylic oxidation sites excluding steroid dienone is 1. The van der Waals surface area contributed by atoms with E-state index in [2.05, 4.69) is 10.6 Å². The summed E-state index contributed by atoms with van der Waals surface area (Å²) in [7, 11) is 0. The summed E-state index contributed by atoms with van der Waals surface area (Å²) in [5.74, 6) is -5.62. The van der Waals surface area contributed by atoms with Gasteiger partial charge in [0.2, 0.25) is 0 Å². The third-order valence-electron chi connectivity index (χ3n) is 5.34. The lowest BCUT2D eigenvalue weighted by molar-refractivity contribution is -0.122. The number of benzene rings is 1. The Morgan fingerprint density at radius 3 is 2.67 bits per heavy atom. The molecule has 4 rings (SSSR count). The van der Waals surface area contributed by atoms with Gasteiger partial charge in [-0.25, -0.2) is 13.2 Å². The van der Waals surface area contributed by atoms with E-state index in [1.165, 1.54) is 11.1 Å². The third kappa shape index (κ3) is 3.32. The summed E-state index contributed by atoms with van der Waals surface area (Å²) >= 11 is 0. The summed E-state index contributed by atoms with van der Waals surface area (Å²) in [6.45, 7) is -0.604. The first-order valence-corrected chi connectivity index (χ1v) is 9.32. The largest absolute Gasteiger partial charge is 0.507 e. The molecule has 1 aliphatic carbocycles. The fourth-order valence-electron chi connectivity index (χ4n) is 3.84. The molecule has 3 aliphatic rings. The van der Waals surface area contributed by atoms with Crippen molar-refractivity contribution < 1.29 is 33.0 Å². The van der Waals surface area contributed by atoms with Gasteiger partial charge in [-0.15, -0.1) is 0 Å². The number of amides is 2. The molecule has 1 saturated heterocycles. The highest BCUT2D eigenvalue weighted by atomic mass is 19.1. The Morgan fingerprint density at radius 2 is 1.97 bits per heavy atom. The normalized spacial score (nSPS) is 23.2. The Morgan fingerprint density at radius 1 is 1.27 bits per heavy atom. The van der Waals surface area contributed by atoms with Crippen molar-refractivity contribution in [3.63, 3.8) is 0 Å². The van der Waals surface area contributed by atoms with E-state index in [9.17, 15) is 33.0 Å². The Hall–Kier alpha value is -3.27. The van der Waals surface area contributed by atoms with E-state index in [1.54, 1.807) is 0 Å². The fourth-order valence-corrected chi connectivity index (χ4v) is 3.84. The Bertz CT molecular complexity index is 1010. The summed E-state index contributed by atoms with van der Waals surface area (Å²) in [5, 5.41) is 25.7. The zero-order chi connectivity index (χ0) is 21.6. The number of hydrogen-bond donors (Lipinski definition) is 4. The van der Waals surface area contributed by atoms with Gasteiger partial charge in [-0.1, -0.05) is 6.08 Å². The number of aliphatic hydroxyl groups is 2. The second-order valence-corrected chi connectivity index (χ2v) is 7.22. The van der Waals surface area contributed by atoms with Crippen LogP contribution in [0.2, 0.25) is 0 Å². The summed E-state index contributed by atoms with van der Waals surface area (Å²) < 4.78 is 40.6. The second kappa shape index (κ2) is 7.52. The first kappa shape index (κ1) is 20.0. The number of aliphatic hydroxyl groups excluding tert-OH is 2.